The molecule has 0 saturated carbocycles. The largest absolute Gasteiger partial charge is 0.493 e. The molecule has 0 aliphatic rings. The van der Waals surface area contributed by atoms with Crippen molar-refractivity contribution in [3.8, 4) is 11.5 Å². The second-order valence-corrected chi connectivity index (χ2v) is 5.75. The molecule has 5 nitrogen and oxygen atoms in total. The van der Waals surface area contributed by atoms with E-state index in [0.717, 1.165) is 11.1 Å². The maximum absolute atomic E-state index is 8.68. The summed E-state index contributed by atoms with van der Waals surface area (Å²) >= 11 is 6.19. The molecular weight excluding hydrogens is 377 g/mol. The first kappa shape index (κ1) is 22.5. The quantitative estimate of drug-likeness (QED) is 0.564. The fraction of sp³-hybridized carbons (Fsp3) is 0.368. The third-order valence-electron chi connectivity index (χ3n) is 3.58. The molecule has 0 atom stereocenters. The van der Waals surface area contributed by atoms with Gasteiger partial charge in [-0.3, -0.25) is 0 Å². The Labute approximate surface area is 165 Å². The molecule has 2 aromatic rings. The minimum Gasteiger partial charge on any atom is -0.493 e. The maximum atomic E-state index is 8.68. The number of benzene rings is 2. The van der Waals surface area contributed by atoms with Gasteiger partial charge in [0.25, 0.3) is 0 Å². The number of rotatable bonds is 11. The summed E-state index contributed by atoms with van der Waals surface area (Å²) in [6, 6.07) is 13.4. The highest BCUT2D eigenvalue weighted by Crippen LogP contribution is 2.32. The lowest BCUT2D eigenvalue weighted by molar-refractivity contribution is 0.0937. The molecule has 0 saturated heterocycles. The zero-order chi connectivity index (χ0) is 17.9. The van der Waals surface area contributed by atoms with Crippen molar-refractivity contribution in [1.82, 2.24) is 5.32 Å². The van der Waals surface area contributed by atoms with Gasteiger partial charge in [-0.15, -0.1) is 12.4 Å². The van der Waals surface area contributed by atoms with Gasteiger partial charge in [0.15, 0.2) is 11.5 Å². The third-order valence-corrected chi connectivity index (χ3v) is 3.95. The van der Waals surface area contributed by atoms with Crippen LogP contribution in [0.1, 0.15) is 11.1 Å². The molecule has 144 valence electrons. The Morgan fingerprint density at radius 3 is 2.54 bits per heavy atom. The van der Waals surface area contributed by atoms with E-state index in [0.29, 0.717) is 49.4 Å². The van der Waals surface area contributed by atoms with E-state index in [1.807, 2.05) is 42.5 Å². The number of para-hydroxylation sites is 1. The molecule has 0 aromatic heterocycles. The van der Waals surface area contributed by atoms with Gasteiger partial charge >= 0.3 is 0 Å². The molecular formula is C19H25Cl2NO4. The van der Waals surface area contributed by atoms with Crippen LogP contribution in [-0.4, -0.2) is 38.6 Å². The number of halogens is 2. The lowest BCUT2D eigenvalue weighted by Crippen LogP contribution is -2.20. The molecule has 0 radical (unpaired) electrons. The SMILES string of the molecule is COc1cccc(CNCCOCCO)c1OCc1ccccc1Cl.Cl. The second kappa shape index (κ2) is 12.8. The Balaban J connectivity index is 0.00000338. The number of aliphatic hydroxyl groups excluding tert-OH is 1. The maximum Gasteiger partial charge on any atom is 0.166 e. The van der Waals surface area contributed by atoms with Crippen LogP contribution in [0.15, 0.2) is 42.5 Å². The molecule has 2 N–H and O–H groups in total. The molecule has 0 heterocycles. The third kappa shape index (κ3) is 7.02. The van der Waals surface area contributed by atoms with Gasteiger partial charge in [0.1, 0.15) is 6.61 Å². The summed E-state index contributed by atoms with van der Waals surface area (Å²) in [7, 11) is 1.62. The topological polar surface area (TPSA) is 60.0 Å². The molecule has 0 spiro atoms. The Bertz CT molecular complexity index is 655. The second-order valence-electron chi connectivity index (χ2n) is 5.34. The van der Waals surface area contributed by atoms with Gasteiger partial charge in [-0.25, -0.2) is 0 Å². The summed E-state index contributed by atoms with van der Waals surface area (Å²) in [4.78, 5) is 0. The van der Waals surface area contributed by atoms with E-state index >= 15 is 0 Å². The molecule has 0 fully saturated rings. The predicted octanol–water partition coefficient (Wildman–Crippen LogP) is 3.45. The number of hydrogen-bond acceptors (Lipinski definition) is 5. The standard InChI is InChI=1S/C19H24ClNO4.ClH/c1-23-18-8-4-6-15(13-21-9-11-24-12-10-22)19(18)25-14-16-5-2-3-7-17(16)20;/h2-8,21-22H,9-14H2,1H3;1H. The van der Waals surface area contributed by atoms with Crippen LogP contribution in [0.2, 0.25) is 5.02 Å². The van der Waals surface area contributed by atoms with Gasteiger partial charge in [0.2, 0.25) is 0 Å². The summed E-state index contributed by atoms with van der Waals surface area (Å²) in [6.07, 6.45) is 0. The van der Waals surface area contributed by atoms with Crippen LogP contribution in [-0.2, 0) is 17.9 Å². The van der Waals surface area contributed by atoms with E-state index in [-0.39, 0.29) is 19.0 Å². The molecule has 0 aliphatic carbocycles. The fourth-order valence-corrected chi connectivity index (χ4v) is 2.51. The minimum absolute atomic E-state index is 0. The van der Waals surface area contributed by atoms with E-state index in [1.54, 1.807) is 7.11 Å². The van der Waals surface area contributed by atoms with E-state index in [4.69, 9.17) is 30.9 Å². The summed E-state index contributed by atoms with van der Waals surface area (Å²) in [5.74, 6) is 1.39. The molecule has 0 aliphatic heterocycles. The van der Waals surface area contributed by atoms with Gasteiger partial charge in [0.05, 0.1) is 26.9 Å². The lowest BCUT2D eigenvalue weighted by Gasteiger charge is -2.16. The van der Waals surface area contributed by atoms with Crippen LogP contribution < -0.4 is 14.8 Å². The van der Waals surface area contributed by atoms with Gasteiger partial charge in [-0.1, -0.05) is 41.9 Å². The van der Waals surface area contributed by atoms with Gasteiger partial charge in [-0.2, -0.15) is 0 Å². The van der Waals surface area contributed by atoms with Crippen molar-refractivity contribution in [1.29, 1.82) is 0 Å². The number of ether oxygens (including phenoxy) is 3. The number of aliphatic hydroxyl groups is 1. The van der Waals surface area contributed by atoms with Gasteiger partial charge in [0, 0.05) is 29.2 Å². The zero-order valence-electron chi connectivity index (χ0n) is 14.7. The van der Waals surface area contributed by atoms with Crippen LogP contribution >= 0.6 is 24.0 Å². The summed E-state index contributed by atoms with van der Waals surface area (Å²) < 4.78 is 16.7. The van der Waals surface area contributed by atoms with E-state index in [9.17, 15) is 0 Å². The summed E-state index contributed by atoms with van der Waals surface area (Å²) in [5.41, 5.74) is 1.92. The number of hydrogen-bond donors (Lipinski definition) is 2. The molecule has 26 heavy (non-hydrogen) atoms. The fourth-order valence-electron chi connectivity index (χ4n) is 2.32. The highest BCUT2D eigenvalue weighted by atomic mass is 35.5. The van der Waals surface area contributed by atoms with Crippen LogP contribution in [0.25, 0.3) is 0 Å². The molecule has 7 heteroatoms. The van der Waals surface area contributed by atoms with Crippen LogP contribution in [0, 0.1) is 0 Å². The van der Waals surface area contributed by atoms with E-state index < -0.39 is 0 Å². The number of nitrogens with one attached hydrogen (secondary N) is 1. The smallest absolute Gasteiger partial charge is 0.166 e. The average Bonchev–Trinajstić information content (AvgIpc) is 2.64. The van der Waals surface area contributed by atoms with Crippen LogP contribution in [0.4, 0.5) is 0 Å². The number of methoxy groups -OCH3 is 1. The highest BCUT2D eigenvalue weighted by Gasteiger charge is 2.11. The van der Waals surface area contributed by atoms with Crippen molar-refractivity contribution in [2.45, 2.75) is 13.2 Å². The molecule has 0 amide bonds. The Morgan fingerprint density at radius 1 is 1.04 bits per heavy atom. The van der Waals surface area contributed by atoms with Gasteiger partial charge in [-0.05, 0) is 12.1 Å². The first-order valence-electron chi connectivity index (χ1n) is 8.17. The van der Waals surface area contributed by atoms with Crippen molar-refractivity contribution >= 4 is 24.0 Å². The predicted molar refractivity (Wildman–Crippen MR) is 106 cm³/mol. The molecule has 2 rings (SSSR count). The first-order valence-corrected chi connectivity index (χ1v) is 8.55. The van der Waals surface area contributed by atoms with Crippen molar-refractivity contribution in [3.05, 3.63) is 58.6 Å². The van der Waals surface area contributed by atoms with E-state index in [2.05, 4.69) is 5.32 Å². The molecule has 0 unspecified atom stereocenters. The monoisotopic (exact) mass is 401 g/mol. The van der Waals surface area contributed by atoms with Crippen molar-refractivity contribution < 1.29 is 19.3 Å². The van der Waals surface area contributed by atoms with Crippen molar-refractivity contribution in [2.24, 2.45) is 0 Å². The average molecular weight is 402 g/mol. The van der Waals surface area contributed by atoms with Crippen molar-refractivity contribution in [3.63, 3.8) is 0 Å². The zero-order valence-corrected chi connectivity index (χ0v) is 16.3. The molecule has 2 aromatic carbocycles. The first-order chi connectivity index (χ1) is 12.3. The minimum atomic E-state index is 0. The molecule has 0 bridgehead atoms. The van der Waals surface area contributed by atoms with Crippen LogP contribution in [0.3, 0.4) is 0 Å². The highest BCUT2D eigenvalue weighted by molar-refractivity contribution is 6.31. The Hall–Kier alpha value is -1.50. The lowest BCUT2D eigenvalue weighted by atomic mass is 10.1. The summed E-state index contributed by atoms with van der Waals surface area (Å²) in [6.45, 7) is 2.61. The van der Waals surface area contributed by atoms with Crippen molar-refractivity contribution in [2.75, 3.05) is 33.5 Å². The van der Waals surface area contributed by atoms with Gasteiger partial charge < -0.3 is 24.6 Å². The van der Waals surface area contributed by atoms with Crippen LogP contribution in [0.5, 0.6) is 11.5 Å². The Kier molecular flexibility index (Phi) is 11.1. The Morgan fingerprint density at radius 2 is 1.81 bits per heavy atom. The normalized spacial score (nSPS) is 10.3. The summed E-state index contributed by atoms with van der Waals surface area (Å²) in [5, 5.41) is 12.7. The van der Waals surface area contributed by atoms with E-state index in [1.165, 1.54) is 0 Å².